The number of nitrogens with one attached hydrogen (secondary N) is 1. The van der Waals surface area contributed by atoms with Crippen molar-refractivity contribution in [3.05, 3.63) is 23.7 Å². The predicted molar refractivity (Wildman–Crippen MR) is 69.9 cm³/mol. The van der Waals surface area contributed by atoms with E-state index >= 15 is 0 Å². The molecule has 0 fully saturated rings. The number of ether oxygens (including phenoxy) is 1. The lowest BCUT2D eigenvalue weighted by molar-refractivity contribution is -0.0387. The van der Waals surface area contributed by atoms with Crippen LogP contribution in [0.3, 0.4) is 0 Å². The molecule has 0 amide bonds. The van der Waals surface area contributed by atoms with Crippen molar-refractivity contribution in [1.29, 1.82) is 0 Å². The highest BCUT2D eigenvalue weighted by Crippen LogP contribution is 2.19. The molecule has 0 aliphatic rings. The van der Waals surface area contributed by atoms with Crippen molar-refractivity contribution < 1.29 is 9.15 Å². The molecule has 1 N–H and O–H groups in total. The number of rotatable bonds is 8. The highest BCUT2D eigenvalue weighted by Gasteiger charge is 2.17. The van der Waals surface area contributed by atoms with E-state index in [1.54, 1.807) is 6.26 Å². The highest BCUT2D eigenvalue weighted by molar-refractivity contribution is 5.16. The highest BCUT2D eigenvalue weighted by atomic mass is 16.5. The second-order valence-electron chi connectivity index (χ2n) is 4.95. The summed E-state index contributed by atoms with van der Waals surface area (Å²) < 4.78 is 11.3. The van der Waals surface area contributed by atoms with Crippen LogP contribution in [0.15, 0.2) is 16.7 Å². The van der Waals surface area contributed by atoms with Crippen LogP contribution in [-0.4, -0.2) is 12.1 Å². The molecule has 0 aliphatic heterocycles. The van der Waals surface area contributed by atoms with E-state index in [4.69, 9.17) is 9.15 Å². The Balaban J connectivity index is 2.45. The van der Waals surface area contributed by atoms with Crippen molar-refractivity contribution >= 4 is 0 Å². The zero-order valence-corrected chi connectivity index (χ0v) is 11.5. The first-order chi connectivity index (χ1) is 8.09. The van der Waals surface area contributed by atoms with E-state index in [0.29, 0.717) is 6.61 Å². The molecule has 1 aromatic heterocycles. The first kappa shape index (κ1) is 14.3. The minimum Gasteiger partial charge on any atom is -0.467 e. The monoisotopic (exact) mass is 239 g/mol. The molecule has 3 nitrogen and oxygen atoms in total. The number of hydrogen-bond acceptors (Lipinski definition) is 3. The maximum Gasteiger partial charge on any atom is 0.133 e. The van der Waals surface area contributed by atoms with E-state index < -0.39 is 0 Å². The standard InChI is InChI=1S/C14H25NO2/c1-5-8-15-10-12-7-9-16-13(12)11-17-14(3,4)6-2/h7,9,15H,5-6,8,10-11H2,1-4H3. The maximum atomic E-state index is 5.85. The van der Waals surface area contributed by atoms with Crippen molar-refractivity contribution in [2.45, 2.75) is 59.3 Å². The Bertz CT molecular complexity index is 318. The first-order valence-electron chi connectivity index (χ1n) is 6.49. The molecule has 0 aliphatic carbocycles. The van der Waals surface area contributed by atoms with Crippen LogP contribution in [0.1, 0.15) is 51.9 Å². The van der Waals surface area contributed by atoms with Crippen LogP contribution in [-0.2, 0) is 17.9 Å². The summed E-state index contributed by atoms with van der Waals surface area (Å²) in [5.41, 5.74) is 1.12. The average Bonchev–Trinajstić information content (AvgIpc) is 2.75. The molecule has 0 bridgehead atoms. The molecule has 0 saturated heterocycles. The van der Waals surface area contributed by atoms with E-state index in [9.17, 15) is 0 Å². The average molecular weight is 239 g/mol. The Morgan fingerprint density at radius 1 is 1.35 bits per heavy atom. The summed E-state index contributed by atoms with van der Waals surface area (Å²) in [6, 6.07) is 2.01. The van der Waals surface area contributed by atoms with Gasteiger partial charge in [-0.2, -0.15) is 0 Å². The zero-order valence-electron chi connectivity index (χ0n) is 11.5. The molecule has 17 heavy (non-hydrogen) atoms. The van der Waals surface area contributed by atoms with E-state index in [2.05, 4.69) is 33.0 Å². The second-order valence-corrected chi connectivity index (χ2v) is 4.95. The number of hydrogen-bond donors (Lipinski definition) is 1. The molecule has 1 heterocycles. The van der Waals surface area contributed by atoms with Gasteiger partial charge >= 0.3 is 0 Å². The largest absolute Gasteiger partial charge is 0.467 e. The molecule has 1 rings (SSSR count). The van der Waals surface area contributed by atoms with Crippen molar-refractivity contribution in [1.82, 2.24) is 5.32 Å². The summed E-state index contributed by atoms with van der Waals surface area (Å²) in [6.07, 6.45) is 3.88. The molecule has 3 heteroatoms. The third kappa shape index (κ3) is 4.92. The smallest absolute Gasteiger partial charge is 0.133 e. The van der Waals surface area contributed by atoms with Gasteiger partial charge in [0.2, 0.25) is 0 Å². The minimum atomic E-state index is -0.0824. The lowest BCUT2D eigenvalue weighted by Crippen LogP contribution is -2.23. The Morgan fingerprint density at radius 2 is 2.12 bits per heavy atom. The van der Waals surface area contributed by atoms with Gasteiger partial charge < -0.3 is 14.5 Å². The molecule has 0 unspecified atom stereocenters. The molecule has 0 radical (unpaired) electrons. The second kappa shape index (κ2) is 6.82. The van der Waals surface area contributed by atoms with E-state index in [0.717, 1.165) is 31.7 Å². The third-order valence-electron chi connectivity index (χ3n) is 3.03. The van der Waals surface area contributed by atoms with Crippen molar-refractivity contribution in [2.24, 2.45) is 0 Å². The van der Waals surface area contributed by atoms with E-state index in [1.165, 1.54) is 5.56 Å². The topological polar surface area (TPSA) is 34.4 Å². The van der Waals surface area contributed by atoms with Crippen LogP contribution >= 0.6 is 0 Å². The van der Waals surface area contributed by atoms with Gasteiger partial charge in [0.05, 0.1) is 11.9 Å². The fourth-order valence-electron chi connectivity index (χ4n) is 1.41. The van der Waals surface area contributed by atoms with Gasteiger partial charge in [0.25, 0.3) is 0 Å². The molecule has 0 saturated carbocycles. The van der Waals surface area contributed by atoms with Gasteiger partial charge in [-0.25, -0.2) is 0 Å². The Morgan fingerprint density at radius 3 is 2.76 bits per heavy atom. The summed E-state index contributed by atoms with van der Waals surface area (Å²) >= 11 is 0. The van der Waals surface area contributed by atoms with Gasteiger partial charge in [0, 0.05) is 12.1 Å². The van der Waals surface area contributed by atoms with Crippen molar-refractivity contribution in [2.75, 3.05) is 6.54 Å². The molecule has 0 spiro atoms. The molecular weight excluding hydrogens is 214 g/mol. The minimum absolute atomic E-state index is 0.0824. The van der Waals surface area contributed by atoms with Gasteiger partial charge in [0.15, 0.2) is 0 Å². The molecule has 0 atom stereocenters. The lowest BCUT2D eigenvalue weighted by atomic mass is 10.1. The molecule has 98 valence electrons. The van der Waals surface area contributed by atoms with Crippen LogP contribution in [0.2, 0.25) is 0 Å². The van der Waals surface area contributed by atoms with Gasteiger partial charge in [0.1, 0.15) is 12.4 Å². The van der Waals surface area contributed by atoms with Crippen LogP contribution < -0.4 is 5.32 Å². The Hall–Kier alpha value is -0.800. The van der Waals surface area contributed by atoms with Crippen molar-refractivity contribution in [3.63, 3.8) is 0 Å². The van der Waals surface area contributed by atoms with Crippen LogP contribution in [0.25, 0.3) is 0 Å². The van der Waals surface area contributed by atoms with Crippen molar-refractivity contribution in [3.8, 4) is 0 Å². The van der Waals surface area contributed by atoms with Crippen LogP contribution in [0.4, 0.5) is 0 Å². The van der Waals surface area contributed by atoms with Gasteiger partial charge in [-0.05, 0) is 39.3 Å². The summed E-state index contributed by atoms with van der Waals surface area (Å²) in [7, 11) is 0. The normalized spacial score (nSPS) is 12.0. The van der Waals surface area contributed by atoms with Gasteiger partial charge in [-0.15, -0.1) is 0 Å². The number of furan rings is 1. The molecule has 0 aromatic carbocycles. The Labute approximate surface area is 105 Å². The lowest BCUT2D eigenvalue weighted by Gasteiger charge is -2.23. The molecular formula is C14H25NO2. The summed E-state index contributed by atoms with van der Waals surface area (Å²) in [4.78, 5) is 0. The Kier molecular flexibility index (Phi) is 5.72. The quantitative estimate of drug-likeness (QED) is 0.705. The zero-order chi connectivity index (χ0) is 12.7. The summed E-state index contributed by atoms with van der Waals surface area (Å²) in [5, 5.41) is 3.37. The van der Waals surface area contributed by atoms with Crippen LogP contribution in [0.5, 0.6) is 0 Å². The fraction of sp³-hybridized carbons (Fsp3) is 0.714. The predicted octanol–water partition coefficient (Wildman–Crippen LogP) is 3.48. The van der Waals surface area contributed by atoms with E-state index in [-0.39, 0.29) is 5.60 Å². The fourth-order valence-corrected chi connectivity index (χ4v) is 1.41. The SMILES string of the molecule is CCCNCc1ccoc1COC(C)(C)CC. The maximum absolute atomic E-state index is 5.85. The first-order valence-corrected chi connectivity index (χ1v) is 6.49. The van der Waals surface area contributed by atoms with Gasteiger partial charge in [-0.1, -0.05) is 13.8 Å². The third-order valence-corrected chi connectivity index (χ3v) is 3.03. The van der Waals surface area contributed by atoms with E-state index in [1.807, 2.05) is 6.07 Å². The summed E-state index contributed by atoms with van der Waals surface area (Å²) in [5.74, 6) is 0.940. The van der Waals surface area contributed by atoms with Gasteiger partial charge in [-0.3, -0.25) is 0 Å². The summed E-state index contributed by atoms with van der Waals surface area (Å²) in [6.45, 7) is 10.9. The molecule has 1 aromatic rings. The van der Waals surface area contributed by atoms with Crippen LogP contribution in [0, 0.1) is 0 Å².